The first-order chi connectivity index (χ1) is 9.90. The van der Waals surface area contributed by atoms with Gasteiger partial charge >= 0.3 is 12.0 Å². The molecule has 1 aromatic rings. The molecule has 0 aliphatic carbocycles. The monoisotopic (exact) mass is 374 g/mol. The summed E-state index contributed by atoms with van der Waals surface area (Å²) in [7, 11) is 1.72. The van der Waals surface area contributed by atoms with Crippen molar-refractivity contribution < 1.29 is 14.7 Å². The number of halogens is 1. The van der Waals surface area contributed by atoms with Gasteiger partial charge in [0.1, 0.15) is 0 Å². The lowest BCUT2D eigenvalue weighted by Gasteiger charge is -2.27. The zero-order valence-electron chi connectivity index (χ0n) is 12.2. The minimum Gasteiger partial charge on any atom is -0.478 e. The number of rotatable bonds is 6. The van der Waals surface area contributed by atoms with Crippen LogP contribution < -0.4 is 5.32 Å². The molecule has 0 saturated heterocycles. The number of carbonyl (C=O) groups excluding carboxylic acids is 1. The minimum absolute atomic E-state index is 0.0675. The molecule has 0 aliphatic heterocycles. The number of benzene rings is 1. The molecule has 1 atom stereocenters. The van der Waals surface area contributed by atoms with Crippen LogP contribution in [0, 0.1) is 0 Å². The number of carboxylic acids is 1. The Labute approximate surface area is 137 Å². The minimum atomic E-state index is -1.07. The summed E-state index contributed by atoms with van der Waals surface area (Å²) >= 11 is 4.95. The van der Waals surface area contributed by atoms with Gasteiger partial charge in [0.25, 0.3) is 0 Å². The largest absolute Gasteiger partial charge is 0.478 e. The number of carboxylic acid groups (broad SMARTS) is 1. The third-order valence-corrected chi connectivity index (χ3v) is 4.36. The molecule has 1 rings (SSSR count). The standard InChI is InChI=1S/C14H19BrN2O3S/c1-4-10(8-21-3)17(2)14(20)16-12-7-9(15)5-6-11(12)13(18)19/h5-7,10H,4,8H2,1-3H3,(H,16,20)(H,18,19). The number of aromatic carboxylic acids is 1. The number of urea groups is 1. The summed E-state index contributed by atoms with van der Waals surface area (Å²) in [5, 5.41) is 11.8. The van der Waals surface area contributed by atoms with E-state index in [9.17, 15) is 9.59 Å². The second-order valence-corrected chi connectivity index (χ2v) is 6.38. The molecule has 0 aromatic heterocycles. The Balaban J connectivity index is 2.92. The van der Waals surface area contributed by atoms with Gasteiger partial charge in [0.2, 0.25) is 0 Å². The van der Waals surface area contributed by atoms with Crippen LogP contribution in [0.3, 0.4) is 0 Å². The van der Waals surface area contributed by atoms with Crippen molar-refractivity contribution in [3.05, 3.63) is 28.2 Å². The first kappa shape index (κ1) is 17.8. The Morgan fingerprint density at radius 3 is 2.67 bits per heavy atom. The first-order valence-electron chi connectivity index (χ1n) is 6.46. The van der Waals surface area contributed by atoms with E-state index in [-0.39, 0.29) is 23.3 Å². The van der Waals surface area contributed by atoms with Crippen LogP contribution in [-0.4, -0.2) is 47.1 Å². The normalized spacial score (nSPS) is 11.8. The van der Waals surface area contributed by atoms with E-state index in [2.05, 4.69) is 21.2 Å². The van der Waals surface area contributed by atoms with Crippen LogP contribution in [-0.2, 0) is 0 Å². The predicted octanol–water partition coefficient (Wildman–Crippen LogP) is 3.75. The quantitative estimate of drug-likeness (QED) is 0.795. The van der Waals surface area contributed by atoms with Gasteiger partial charge in [-0.05, 0) is 30.9 Å². The van der Waals surface area contributed by atoms with E-state index in [1.54, 1.807) is 35.8 Å². The van der Waals surface area contributed by atoms with Crippen molar-refractivity contribution in [1.82, 2.24) is 4.90 Å². The lowest BCUT2D eigenvalue weighted by Crippen LogP contribution is -2.41. The van der Waals surface area contributed by atoms with Crippen LogP contribution in [0.15, 0.2) is 22.7 Å². The van der Waals surface area contributed by atoms with Gasteiger partial charge in [0.05, 0.1) is 11.3 Å². The summed E-state index contributed by atoms with van der Waals surface area (Å²) in [6.07, 6.45) is 2.83. The van der Waals surface area contributed by atoms with Gasteiger partial charge in [-0.3, -0.25) is 0 Å². The second kappa shape index (κ2) is 8.29. The molecule has 0 spiro atoms. The molecule has 7 heteroatoms. The van der Waals surface area contributed by atoms with E-state index >= 15 is 0 Å². The number of amides is 2. The smallest absolute Gasteiger partial charge is 0.337 e. The van der Waals surface area contributed by atoms with E-state index in [1.165, 1.54) is 6.07 Å². The van der Waals surface area contributed by atoms with Crippen LogP contribution in [0.5, 0.6) is 0 Å². The SMILES string of the molecule is CCC(CSC)N(C)C(=O)Nc1cc(Br)ccc1C(=O)O. The summed E-state index contributed by atoms with van der Waals surface area (Å²) in [4.78, 5) is 25.1. The average Bonchev–Trinajstić information content (AvgIpc) is 2.43. The highest BCUT2D eigenvalue weighted by Gasteiger charge is 2.20. The Morgan fingerprint density at radius 2 is 2.14 bits per heavy atom. The summed E-state index contributed by atoms with van der Waals surface area (Å²) in [5.41, 5.74) is 0.352. The zero-order chi connectivity index (χ0) is 16.0. The third kappa shape index (κ3) is 4.93. The van der Waals surface area contributed by atoms with E-state index in [4.69, 9.17) is 5.11 Å². The topological polar surface area (TPSA) is 69.6 Å². The molecule has 2 N–H and O–H groups in total. The van der Waals surface area contributed by atoms with Crippen molar-refractivity contribution >= 4 is 45.4 Å². The highest BCUT2D eigenvalue weighted by molar-refractivity contribution is 9.10. The van der Waals surface area contributed by atoms with Gasteiger partial charge in [0.15, 0.2) is 0 Å². The van der Waals surface area contributed by atoms with Gasteiger partial charge < -0.3 is 15.3 Å². The number of thioether (sulfide) groups is 1. The van der Waals surface area contributed by atoms with E-state index in [0.29, 0.717) is 4.47 Å². The van der Waals surface area contributed by atoms with Crippen LogP contribution in [0.4, 0.5) is 10.5 Å². The number of nitrogens with zero attached hydrogens (tertiary/aromatic N) is 1. The van der Waals surface area contributed by atoms with Gasteiger partial charge in [-0.2, -0.15) is 11.8 Å². The number of hydrogen-bond acceptors (Lipinski definition) is 3. The number of carbonyl (C=O) groups is 2. The molecule has 0 saturated carbocycles. The Bertz CT molecular complexity index is 525. The molecule has 1 unspecified atom stereocenters. The van der Waals surface area contributed by atoms with Crippen LogP contribution in [0.2, 0.25) is 0 Å². The lowest BCUT2D eigenvalue weighted by atomic mass is 10.2. The first-order valence-corrected chi connectivity index (χ1v) is 8.65. The summed E-state index contributed by atoms with van der Waals surface area (Å²) in [6.45, 7) is 2.02. The predicted molar refractivity (Wildman–Crippen MR) is 90.3 cm³/mol. The lowest BCUT2D eigenvalue weighted by molar-refractivity contribution is 0.0698. The van der Waals surface area contributed by atoms with Crippen LogP contribution >= 0.6 is 27.7 Å². The summed E-state index contributed by atoms with van der Waals surface area (Å²) < 4.78 is 0.710. The maximum atomic E-state index is 12.3. The fourth-order valence-electron chi connectivity index (χ4n) is 1.87. The highest BCUT2D eigenvalue weighted by atomic mass is 79.9. The Kier molecular flexibility index (Phi) is 7.04. The van der Waals surface area contributed by atoms with Crippen LogP contribution in [0.1, 0.15) is 23.7 Å². The summed E-state index contributed by atoms with van der Waals surface area (Å²) in [6, 6.07) is 4.48. The molecular formula is C14H19BrN2O3S. The van der Waals surface area contributed by atoms with Gasteiger partial charge in [-0.15, -0.1) is 0 Å². The second-order valence-electron chi connectivity index (χ2n) is 4.55. The molecule has 116 valence electrons. The number of anilines is 1. The van der Waals surface area contributed by atoms with Crippen molar-refractivity contribution in [3.63, 3.8) is 0 Å². The van der Waals surface area contributed by atoms with Crippen molar-refractivity contribution in [1.29, 1.82) is 0 Å². The molecule has 0 heterocycles. The van der Waals surface area contributed by atoms with E-state index in [0.717, 1.165) is 12.2 Å². The fourth-order valence-corrected chi connectivity index (χ4v) is 3.08. The van der Waals surface area contributed by atoms with Crippen molar-refractivity contribution in [3.8, 4) is 0 Å². The molecule has 0 aliphatic rings. The molecule has 0 radical (unpaired) electrons. The molecule has 2 amide bonds. The number of nitrogens with one attached hydrogen (secondary N) is 1. The summed E-state index contributed by atoms with van der Waals surface area (Å²) in [5.74, 6) is -0.235. The third-order valence-electron chi connectivity index (χ3n) is 3.15. The van der Waals surface area contributed by atoms with Gasteiger partial charge in [-0.1, -0.05) is 22.9 Å². The van der Waals surface area contributed by atoms with Crippen molar-refractivity contribution in [2.75, 3.05) is 24.4 Å². The number of hydrogen-bond donors (Lipinski definition) is 2. The average molecular weight is 375 g/mol. The Hall–Kier alpha value is -1.21. The van der Waals surface area contributed by atoms with Gasteiger partial charge in [-0.25, -0.2) is 9.59 Å². The molecule has 21 heavy (non-hydrogen) atoms. The maximum Gasteiger partial charge on any atom is 0.337 e. The highest BCUT2D eigenvalue weighted by Crippen LogP contribution is 2.22. The molecule has 5 nitrogen and oxygen atoms in total. The molecule has 0 fully saturated rings. The molecular weight excluding hydrogens is 356 g/mol. The van der Waals surface area contributed by atoms with Crippen molar-refractivity contribution in [2.45, 2.75) is 19.4 Å². The molecule has 0 bridgehead atoms. The van der Waals surface area contributed by atoms with Gasteiger partial charge in [0, 0.05) is 23.3 Å². The zero-order valence-corrected chi connectivity index (χ0v) is 14.6. The van der Waals surface area contributed by atoms with E-state index < -0.39 is 5.97 Å². The fraction of sp³-hybridized carbons (Fsp3) is 0.429. The van der Waals surface area contributed by atoms with Crippen molar-refractivity contribution in [2.24, 2.45) is 0 Å². The van der Waals surface area contributed by atoms with E-state index in [1.807, 2.05) is 13.2 Å². The maximum absolute atomic E-state index is 12.3. The molecule has 1 aromatic carbocycles. The van der Waals surface area contributed by atoms with Crippen LogP contribution in [0.25, 0.3) is 0 Å². The Morgan fingerprint density at radius 1 is 1.48 bits per heavy atom.